The molecule has 96 valence electrons. The van der Waals surface area contributed by atoms with E-state index in [0.717, 1.165) is 11.1 Å². The Morgan fingerprint density at radius 3 is 2.61 bits per heavy atom. The van der Waals surface area contributed by atoms with Crippen molar-refractivity contribution in [2.75, 3.05) is 7.11 Å². The number of carbonyl (C=O) groups excluding carboxylic acids is 1. The van der Waals surface area contributed by atoms with Crippen LogP contribution in [0.5, 0.6) is 11.5 Å². The van der Waals surface area contributed by atoms with Gasteiger partial charge in [-0.2, -0.15) is 0 Å². The smallest absolute Gasteiger partial charge is 0.163 e. The first-order chi connectivity index (χ1) is 8.45. The van der Waals surface area contributed by atoms with Crippen LogP contribution in [-0.4, -0.2) is 24.1 Å². The highest BCUT2D eigenvalue weighted by atomic mass is 16.5. The van der Waals surface area contributed by atoms with Gasteiger partial charge in [0.05, 0.1) is 5.56 Å². The molecule has 1 aromatic carbocycles. The monoisotopic (exact) mass is 248 g/mol. The van der Waals surface area contributed by atoms with Crippen molar-refractivity contribution in [2.24, 2.45) is 0 Å². The topological polar surface area (TPSA) is 55.8 Å². The van der Waals surface area contributed by atoms with E-state index in [1.165, 1.54) is 13.0 Å². The third kappa shape index (κ3) is 1.88. The number of phenols is 1. The summed E-state index contributed by atoms with van der Waals surface area (Å²) in [7, 11) is 1.58. The fourth-order valence-electron chi connectivity index (χ4n) is 2.16. The van der Waals surface area contributed by atoms with Crippen LogP contribution in [0.4, 0.5) is 0 Å². The molecule has 2 atom stereocenters. The molecule has 0 amide bonds. The number of aromatic hydroxyl groups is 1. The van der Waals surface area contributed by atoms with Crippen LogP contribution in [0.3, 0.4) is 0 Å². The first kappa shape index (κ1) is 12.6. The second-order valence-corrected chi connectivity index (χ2v) is 4.50. The summed E-state index contributed by atoms with van der Waals surface area (Å²) in [5.41, 5.74) is 1.89. The van der Waals surface area contributed by atoms with Gasteiger partial charge in [0, 0.05) is 18.7 Å². The molecular formula is C14H16O4. The van der Waals surface area contributed by atoms with Gasteiger partial charge in [-0.25, -0.2) is 0 Å². The van der Waals surface area contributed by atoms with Crippen molar-refractivity contribution in [1.82, 2.24) is 0 Å². The maximum atomic E-state index is 11.4. The average Bonchev–Trinajstić information content (AvgIpc) is 2.65. The summed E-state index contributed by atoms with van der Waals surface area (Å²) in [5.74, 6) is 0.278. The number of ether oxygens (including phenoxy) is 2. The SMILES string of the molecule is C=C(C)[C@@H]1Oc2cc(O)c(C(C)=O)cc2[C@@H]1OC. The van der Waals surface area contributed by atoms with Crippen LogP contribution in [0.1, 0.15) is 35.9 Å². The van der Waals surface area contributed by atoms with Gasteiger partial charge in [0.1, 0.15) is 23.7 Å². The third-order valence-electron chi connectivity index (χ3n) is 3.08. The molecule has 1 N–H and O–H groups in total. The lowest BCUT2D eigenvalue weighted by atomic mass is 9.99. The molecule has 1 heterocycles. The molecule has 1 aromatic rings. The Morgan fingerprint density at radius 1 is 1.44 bits per heavy atom. The molecule has 0 unspecified atom stereocenters. The molecule has 1 aliphatic rings. The second kappa shape index (κ2) is 4.46. The first-order valence-corrected chi connectivity index (χ1v) is 5.68. The van der Waals surface area contributed by atoms with Crippen molar-refractivity contribution >= 4 is 5.78 Å². The first-order valence-electron chi connectivity index (χ1n) is 5.68. The lowest BCUT2D eigenvalue weighted by Gasteiger charge is -2.17. The summed E-state index contributed by atoms with van der Waals surface area (Å²) in [4.78, 5) is 11.4. The molecule has 1 aliphatic heterocycles. The van der Waals surface area contributed by atoms with Crippen LogP contribution in [0.25, 0.3) is 0 Å². The van der Waals surface area contributed by atoms with Crippen molar-refractivity contribution in [3.8, 4) is 11.5 Å². The minimum Gasteiger partial charge on any atom is -0.507 e. The van der Waals surface area contributed by atoms with Crippen molar-refractivity contribution in [3.05, 3.63) is 35.4 Å². The molecule has 0 fully saturated rings. The van der Waals surface area contributed by atoms with Gasteiger partial charge in [0.2, 0.25) is 0 Å². The number of methoxy groups -OCH3 is 1. The van der Waals surface area contributed by atoms with Gasteiger partial charge in [0.25, 0.3) is 0 Å². The lowest BCUT2D eigenvalue weighted by molar-refractivity contribution is 0.0445. The predicted octanol–water partition coefficient (Wildman–Crippen LogP) is 2.62. The van der Waals surface area contributed by atoms with Crippen molar-refractivity contribution in [2.45, 2.75) is 26.1 Å². The third-order valence-corrected chi connectivity index (χ3v) is 3.08. The molecule has 0 aromatic heterocycles. The van der Waals surface area contributed by atoms with Crippen LogP contribution in [0.15, 0.2) is 24.3 Å². The fraction of sp³-hybridized carbons (Fsp3) is 0.357. The van der Waals surface area contributed by atoms with Crippen LogP contribution in [0, 0.1) is 0 Å². The van der Waals surface area contributed by atoms with E-state index in [-0.39, 0.29) is 29.3 Å². The zero-order valence-electron chi connectivity index (χ0n) is 10.7. The Kier molecular flexibility index (Phi) is 3.13. The summed E-state index contributed by atoms with van der Waals surface area (Å²) in [6.45, 7) is 7.13. The van der Waals surface area contributed by atoms with Crippen molar-refractivity contribution in [1.29, 1.82) is 0 Å². The molecular weight excluding hydrogens is 232 g/mol. The number of ketones is 1. The maximum absolute atomic E-state index is 11.4. The normalized spacial score (nSPS) is 21.3. The molecule has 0 bridgehead atoms. The number of benzene rings is 1. The maximum Gasteiger partial charge on any atom is 0.163 e. The van der Waals surface area contributed by atoms with Crippen LogP contribution in [0.2, 0.25) is 0 Å². The minimum atomic E-state index is -0.295. The van der Waals surface area contributed by atoms with Crippen LogP contribution >= 0.6 is 0 Å². The molecule has 18 heavy (non-hydrogen) atoms. The number of fused-ring (bicyclic) bond motifs is 1. The zero-order chi connectivity index (χ0) is 13.4. The lowest BCUT2D eigenvalue weighted by Crippen LogP contribution is -2.20. The molecule has 2 rings (SSSR count). The fourth-order valence-corrected chi connectivity index (χ4v) is 2.16. The Balaban J connectivity index is 2.52. The highest BCUT2D eigenvalue weighted by Gasteiger charge is 2.36. The average molecular weight is 248 g/mol. The van der Waals surface area contributed by atoms with Gasteiger partial charge in [-0.1, -0.05) is 6.58 Å². The Hall–Kier alpha value is -1.81. The molecule has 4 heteroatoms. The van der Waals surface area contributed by atoms with Crippen molar-refractivity contribution in [3.63, 3.8) is 0 Å². The zero-order valence-corrected chi connectivity index (χ0v) is 10.7. The summed E-state index contributed by atoms with van der Waals surface area (Å²) >= 11 is 0. The number of Topliss-reactive ketones (excluding diaryl/α,β-unsaturated/α-hetero) is 1. The number of phenolic OH excluding ortho intramolecular Hbond substituents is 1. The number of rotatable bonds is 3. The summed E-state index contributed by atoms with van der Waals surface area (Å²) in [6, 6.07) is 3.09. The van der Waals surface area contributed by atoms with Crippen molar-refractivity contribution < 1.29 is 19.4 Å². The minimum absolute atomic E-state index is 0.0709. The molecule has 0 spiro atoms. The van der Waals surface area contributed by atoms with Crippen LogP contribution < -0.4 is 4.74 Å². The van der Waals surface area contributed by atoms with Gasteiger partial charge in [-0.15, -0.1) is 0 Å². The molecule has 0 aliphatic carbocycles. The highest BCUT2D eigenvalue weighted by Crippen LogP contribution is 2.43. The Bertz CT molecular complexity index is 519. The Labute approximate surface area is 106 Å². The highest BCUT2D eigenvalue weighted by molar-refractivity contribution is 5.97. The quantitative estimate of drug-likeness (QED) is 0.660. The standard InChI is InChI=1S/C14H16O4/c1-7(2)13-14(17-4)10-5-9(8(3)15)11(16)6-12(10)18-13/h5-6,13-14,16H,1H2,2-4H3/t13-,14-/m0/s1. The molecule has 0 saturated heterocycles. The second-order valence-electron chi connectivity index (χ2n) is 4.50. The summed E-state index contributed by atoms with van der Waals surface area (Å²) < 4.78 is 11.1. The van der Waals surface area contributed by atoms with Gasteiger partial charge < -0.3 is 14.6 Å². The molecule has 0 saturated carbocycles. The van der Waals surface area contributed by atoms with E-state index in [2.05, 4.69) is 6.58 Å². The summed E-state index contributed by atoms with van der Waals surface area (Å²) in [5, 5.41) is 9.76. The van der Waals surface area contributed by atoms with E-state index < -0.39 is 0 Å². The van der Waals surface area contributed by atoms with E-state index in [1.54, 1.807) is 13.2 Å². The van der Waals surface area contributed by atoms with Gasteiger partial charge in [0.15, 0.2) is 5.78 Å². The van der Waals surface area contributed by atoms with Gasteiger partial charge >= 0.3 is 0 Å². The van der Waals surface area contributed by atoms with E-state index in [1.807, 2.05) is 6.92 Å². The number of carbonyl (C=O) groups is 1. The molecule has 0 radical (unpaired) electrons. The van der Waals surface area contributed by atoms with E-state index in [4.69, 9.17) is 9.47 Å². The van der Waals surface area contributed by atoms with E-state index >= 15 is 0 Å². The largest absolute Gasteiger partial charge is 0.507 e. The van der Waals surface area contributed by atoms with Gasteiger partial charge in [-0.05, 0) is 25.5 Å². The van der Waals surface area contributed by atoms with E-state index in [9.17, 15) is 9.90 Å². The van der Waals surface area contributed by atoms with Gasteiger partial charge in [-0.3, -0.25) is 4.79 Å². The molecule has 4 nitrogen and oxygen atoms in total. The predicted molar refractivity (Wildman–Crippen MR) is 67.1 cm³/mol. The number of hydrogen-bond acceptors (Lipinski definition) is 4. The Morgan fingerprint density at radius 2 is 2.11 bits per heavy atom. The summed E-state index contributed by atoms with van der Waals surface area (Å²) in [6.07, 6.45) is -0.581. The number of hydrogen-bond donors (Lipinski definition) is 1. The van der Waals surface area contributed by atoms with E-state index in [0.29, 0.717) is 5.75 Å². The van der Waals surface area contributed by atoms with Crippen LogP contribution in [-0.2, 0) is 4.74 Å².